The van der Waals surface area contributed by atoms with Gasteiger partial charge in [0.05, 0.1) is 19.3 Å². The summed E-state index contributed by atoms with van der Waals surface area (Å²) in [7, 11) is 0. The minimum atomic E-state index is -0.115. The molecule has 0 saturated heterocycles. The molecule has 0 atom stereocenters. The zero-order valence-electron chi connectivity index (χ0n) is 17.4. The highest BCUT2D eigenvalue weighted by molar-refractivity contribution is 5.93. The van der Waals surface area contributed by atoms with Gasteiger partial charge >= 0.3 is 0 Å². The maximum Gasteiger partial charge on any atom is 0.243 e. The third-order valence-electron chi connectivity index (χ3n) is 4.32. The van der Waals surface area contributed by atoms with Gasteiger partial charge in [-0.3, -0.25) is 4.79 Å². The molecular weight excluding hydrogens is 376 g/mol. The van der Waals surface area contributed by atoms with Crippen LogP contribution in [0.5, 0.6) is 11.5 Å². The van der Waals surface area contributed by atoms with E-state index in [1.807, 2.05) is 80.6 Å². The fourth-order valence-corrected chi connectivity index (χ4v) is 2.88. The first kappa shape index (κ1) is 21.2. The Kier molecular flexibility index (Phi) is 7.72. The van der Waals surface area contributed by atoms with Crippen LogP contribution in [0, 0.1) is 0 Å². The van der Waals surface area contributed by atoms with E-state index in [-0.39, 0.29) is 18.6 Å². The van der Waals surface area contributed by atoms with Crippen LogP contribution in [-0.4, -0.2) is 25.2 Å². The van der Waals surface area contributed by atoms with Crippen molar-refractivity contribution >= 4 is 17.3 Å². The number of amides is 1. The van der Waals surface area contributed by atoms with Gasteiger partial charge in [-0.15, -0.1) is 0 Å². The van der Waals surface area contributed by atoms with E-state index in [0.717, 1.165) is 29.3 Å². The third kappa shape index (κ3) is 7.17. The quantitative estimate of drug-likeness (QED) is 0.491. The third-order valence-corrected chi connectivity index (χ3v) is 4.32. The van der Waals surface area contributed by atoms with Crippen LogP contribution in [0.15, 0.2) is 78.9 Å². The van der Waals surface area contributed by atoms with E-state index in [9.17, 15) is 4.79 Å². The highest BCUT2D eigenvalue weighted by atomic mass is 16.5. The molecule has 0 aliphatic carbocycles. The molecule has 3 aromatic rings. The molecule has 0 aliphatic heterocycles. The van der Waals surface area contributed by atoms with Crippen LogP contribution in [-0.2, 0) is 11.2 Å². The summed E-state index contributed by atoms with van der Waals surface area (Å²) in [5.41, 5.74) is 2.85. The zero-order valence-corrected chi connectivity index (χ0v) is 17.4. The molecule has 0 fully saturated rings. The second-order valence-corrected chi connectivity index (χ2v) is 7.20. The molecule has 3 rings (SSSR count). The van der Waals surface area contributed by atoms with Gasteiger partial charge < -0.3 is 20.1 Å². The van der Waals surface area contributed by atoms with Crippen molar-refractivity contribution in [1.29, 1.82) is 0 Å². The minimum absolute atomic E-state index is 0.115. The molecule has 5 heteroatoms. The number of ether oxygens (including phenoxy) is 2. The second-order valence-electron chi connectivity index (χ2n) is 7.20. The van der Waals surface area contributed by atoms with Gasteiger partial charge in [0.15, 0.2) is 0 Å². The number of rotatable bonds is 10. The molecule has 1 amide bonds. The van der Waals surface area contributed by atoms with Crippen molar-refractivity contribution in [2.24, 2.45) is 0 Å². The van der Waals surface area contributed by atoms with Crippen molar-refractivity contribution in [1.82, 2.24) is 0 Å². The molecule has 156 valence electrons. The molecule has 0 bridgehead atoms. The van der Waals surface area contributed by atoms with Crippen molar-refractivity contribution < 1.29 is 14.3 Å². The molecular formula is C25H28N2O3. The summed E-state index contributed by atoms with van der Waals surface area (Å²) < 4.78 is 11.4. The summed E-state index contributed by atoms with van der Waals surface area (Å²) in [6.07, 6.45) is 0.987. The van der Waals surface area contributed by atoms with Crippen molar-refractivity contribution in [3.63, 3.8) is 0 Å². The van der Waals surface area contributed by atoms with Gasteiger partial charge in [0.25, 0.3) is 0 Å². The van der Waals surface area contributed by atoms with Crippen LogP contribution in [0.1, 0.15) is 19.4 Å². The molecule has 0 spiro atoms. The van der Waals surface area contributed by atoms with Crippen LogP contribution in [0.4, 0.5) is 11.4 Å². The molecule has 0 aliphatic rings. The van der Waals surface area contributed by atoms with Gasteiger partial charge in [-0.05, 0) is 67.9 Å². The molecule has 0 saturated carbocycles. The highest BCUT2D eigenvalue weighted by Crippen LogP contribution is 2.18. The van der Waals surface area contributed by atoms with Crippen LogP contribution in [0.25, 0.3) is 0 Å². The van der Waals surface area contributed by atoms with Gasteiger partial charge in [-0.2, -0.15) is 0 Å². The summed E-state index contributed by atoms with van der Waals surface area (Å²) in [6, 6.07) is 25.2. The number of anilines is 2. The van der Waals surface area contributed by atoms with E-state index in [2.05, 4.69) is 22.8 Å². The maximum atomic E-state index is 12.2. The fraction of sp³-hybridized carbons (Fsp3) is 0.240. The average Bonchev–Trinajstić information content (AvgIpc) is 2.75. The van der Waals surface area contributed by atoms with Gasteiger partial charge in [0, 0.05) is 17.8 Å². The first-order chi connectivity index (χ1) is 14.6. The minimum Gasteiger partial charge on any atom is -0.493 e. The molecule has 0 aromatic heterocycles. The normalized spacial score (nSPS) is 10.5. The number of hydrogen-bond donors (Lipinski definition) is 2. The lowest BCUT2D eigenvalue weighted by Crippen LogP contribution is -2.21. The molecule has 3 aromatic carbocycles. The zero-order chi connectivity index (χ0) is 21.2. The standard InChI is InChI=1S/C25H28N2O3/c1-19(2)30-24-14-10-22(11-15-24)27-25(28)18-26-21-8-12-23(13-9-21)29-17-16-20-6-4-3-5-7-20/h3-15,19,26H,16-18H2,1-2H3,(H,27,28). The Bertz CT molecular complexity index is 907. The fourth-order valence-electron chi connectivity index (χ4n) is 2.88. The van der Waals surface area contributed by atoms with Crippen LogP contribution < -0.4 is 20.1 Å². The first-order valence-electron chi connectivity index (χ1n) is 10.2. The predicted molar refractivity (Wildman–Crippen MR) is 121 cm³/mol. The Hall–Kier alpha value is -3.47. The lowest BCUT2D eigenvalue weighted by molar-refractivity contribution is -0.114. The van der Waals surface area contributed by atoms with Crippen molar-refractivity contribution in [2.75, 3.05) is 23.8 Å². The monoisotopic (exact) mass is 404 g/mol. The SMILES string of the molecule is CC(C)Oc1ccc(NC(=O)CNc2ccc(OCCc3ccccc3)cc2)cc1. The van der Waals surface area contributed by atoms with E-state index in [1.165, 1.54) is 5.56 Å². The average molecular weight is 405 g/mol. The Balaban J connectivity index is 1.39. The van der Waals surface area contributed by atoms with Crippen LogP contribution in [0.2, 0.25) is 0 Å². The predicted octanol–water partition coefficient (Wildman–Crippen LogP) is 5.15. The molecule has 2 N–H and O–H groups in total. The van der Waals surface area contributed by atoms with E-state index in [0.29, 0.717) is 6.61 Å². The van der Waals surface area contributed by atoms with E-state index < -0.39 is 0 Å². The smallest absolute Gasteiger partial charge is 0.243 e. The topological polar surface area (TPSA) is 59.6 Å². The van der Waals surface area contributed by atoms with Gasteiger partial charge in [-0.1, -0.05) is 30.3 Å². The Morgan fingerprint density at radius 2 is 1.47 bits per heavy atom. The number of carbonyl (C=O) groups excluding carboxylic acids is 1. The highest BCUT2D eigenvalue weighted by Gasteiger charge is 2.04. The Morgan fingerprint density at radius 1 is 0.833 bits per heavy atom. The lowest BCUT2D eigenvalue weighted by atomic mass is 10.2. The van der Waals surface area contributed by atoms with Gasteiger partial charge in [0.2, 0.25) is 5.91 Å². The summed E-state index contributed by atoms with van der Waals surface area (Å²) in [5, 5.41) is 5.98. The summed E-state index contributed by atoms with van der Waals surface area (Å²) in [6.45, 7) is 4.76. The van der Waals surface area contributed by atoms with Crippen molar-refractivity contribution in [3.05, 3.63) is 84.4 Å². The number of hydrogen-bond acceptors (Lipinski definition) is 4. The molecule has 0 heterocycles. The molecule has 0 unspecified atom stereocenters. The van der Waals surface area contributed by atoms with E-state index in [1.54, 1.807) is 0 Å². The molecule has 30 heavy (non-hydrogen) atoms. The lowest BCUT2D eigenvalue weighted by Gasteiger charge is -2.11. The Labute approximate surface area is 178 Å². The Morgan fingerprint density at radius 3 is 2.13 bits per heavy atom. The van der Waals surface area contributed by atoms with Crippen LogP contribution in [0.3, 0.4) is 0 Å². The number of benzene rings is 3. The largest absolute Gasteiger partial charge is 0.493 e. The summed E-state index contributed by atoms with van der Waals surface area (Å²) in [4.78, 5) is 12.2. The van der Waals surface area contributed by atoms with E-state index >= 15 is 0 Å². The van der Waals surface area contributed by atoms with Crippen molar-refractivity contribution in [3.8, 4) is 11.5 Å². The van der Waals surface area contributed by atoms with Crippen molar-refractivity contribution in [2.45, 2.75) is 26.4 Å². The molecule has 5 nitrogen and oxygen atoms in total. The summed E-state index contributed by atoms with van der Waals surface area (Å²) >= 11 is 0. The second kappa shape index (κ2) is 10.9. The summed E-state index contributed by atoms with van der Waals surface area (Å²) in [5.74, 6) is 1.48. The molecule has 0 radical (unpaired) electrons. The maximum absolute atomic E-state index is 12.2. The number of carbonyl (C=O) groups is 1. The van der Waals surface area contributed by atoms with Gasteiger partial charge in [0.1, 0.15) is 11.5 Å². The van der Waals surface area contributed by atoms with Crippen LogP contribution >= 0.6 is 0 Å². The van der Waals surface area contributed by atoms with E-state index in [4.69, 9.17) is 9.47 Å². The first-order valence-corrected chi connectivity index (χ1v) is 10.2. The number of nitrogens with one attached hydrogen (secondary N) is 2. The van der Waals surface area contributed by atoms with Gasteiger partial charge in [-0.25, -0.2) is 0 Å².